The highest BCUT2D eigenvalue weighted by Crippen LogP contribution is 2.26. The second-order valence-corrected chi connectivity index (χ2v) is 8.73. The van der Waals surface area contributed by atoms with Crippen LogP contribution in [0.25, 0.3) is 5.13 Å². The molecule has 2 aliphatic rings. The number of rotatable bonds is 6. The third kappa shape index (κ3) is 4.53. The highest BCUT2D eigenvalue weighted by atomic mass is 32.1. The van der Waals surface area contributed by atoms with E-state index < -0.39 is 0 Å². The second kappa shape index (κ2) is 9.25. The first-order valence-electron chi connectivity index (χ1n) is 10.7. The summed E-state index contributed by atoms with van der Waals surface area (Å²) in [5, 5.41) is 10.8. The fourth-order valence-corrected chi connectivity index (χ4v) is 5.02. The number of piperazine rings is 1. The van der Waals surface area contributed by atoms with Crippen molar-refractivity contribution < 1.29 is 9.47 Å². The highest BCUT2D eigenvalue weighted by molar-refractivity contribution is 7.17. The van der Waals surface area contributed by atoms with Gasteiger partial charge < -0.3 is 19.3 Å². The van der Waals surface area contributed by atoms with Crippen LogP contribution in [0.1, 0.15) is 5.69 Å². The summed E-state index contributed by atoms with van der Waals surface area (Å²) in [4.78, 5) is 7.20. The molecule has 0 bridgehead atoms. The maximum atomic E-state index is 5.45. The molecular weight excluding hydrogens is 412 g/mol. The predicted molar refractivity (Wildman–Crippen MR) is 123 cm³/mol. The summed E-state index contributed by atoms with van der Waals surface area (Å²) < 4.78 is 12.9. The van der Waals surface area contributed by atoms with Crippen LogP contribution in [0.5, 0.6) is 5.75 Å². The van der Waals surface area contributed by atoms with Gasteiger partial charge in [-0.3, -0.25) is 9.47 Å². The third-order valence-electron chi connectivity index (χ3n) is 5.92. The summed E-state index contributed by atoms with van der Waals surface area (Å²) in [7, 11) is 1.70. The zero-order chi connectivity index (χ0) is 21.0. The van der Waals surface area contributed by atoms with Gasteiger partial charge in [-0.25, -0.2) is 0 Å². The number of benzene rings is 1. The molecule has 4 heterocycles. The number of aromatic nitrogens is 3. The van der Waals surface area contributed by atoms with E-state index in [-0.39, 0.29) is 0 Å². The molecule has 0 spiro atoms. The number of hydrogen-bond acceptors (Lipinski definition) is 8. The summed E-state index contributed by atoms with van der Waals surface area (Å²) >= 11 is 1.65. The van der Waals surface area contributed by atoms with E-state index in [0.29, 0.717) is 0 Å². The Morgan fingerprint density at radius 3 is 2.39 bits per heavy atom. The van der Waals surface area contributed by atoms with E-state index in [2.05, 4.69) is 59.9 Å². The van der Waals surface area contributed by atoms with Crippen LogP contribution < -0.4 is 14.5 Å². The maximum absolute atomic E-state index is 5.45. The number of anilines is 2. The molecule has 8 nitrogen and oxygen atoms in total. The van der Waals surface area contributed by atoms with Gasteiger partial charge in [0.1, 0.15) is 5.75 Å². The number of morpholine rings is 1. The Labute approximate surface area is 186 Å². The monoisotopic (exact) mass is 440 g/mol. The molecule has 0 unspecified atom stereocenters. The molecule has 2 fully saturated rings. The van der Waals surface area contributed by atoms with Crippen molar-refractivity contribution in [2.75, 3.05) is 69.4 Å². The minimum atomic E-state index is 0.756. The summed E-state index contributed by atoms with van der Waals surface area (Å²) in [6.45, 7) is 8.30. The molecule has 3 aromatic rings. The van der Waals surface area contributed by atoms with Crippen molar-refractivity contribution in [3.63, 3.8) is 0 Å². The average molecular weight is 441 g/mol. The molecule has 0 amide bonds. The Balaban J connectivity index is 1.20. The smallest absolute Gasteiger partial charge is 0.218 e. The summed E-state index contributed by atoms with van der Waals surface area (Å²) in [6.07, 6.45) is 2.09. The van der Waals surface area contributed by atoms with Gasteiger partial charge in [0.15, 0.2) is 0 Å². The van der Waals surface area contributed by atoms with Gasteiger partial charge in [0.25, 0.3) is 0 Å². The van der Waals surface area contributed by atoms with Gasteiger partial charge in [0.05, 0.1) is 20.3 Å². The van der Waals surface area contributed by atoms with E-state index in [1.54, 1.807) is 18.4 Å². The van der Waals surface area contributed by atoms with Crippen LogP contribution in [0.3, 0.4) is 0 Å². The van der Waals surface area contributed by atoms with Gasteiger partial charge in [-0.1, -0.05) is 11.3 Å². The molecule has 0 atom stereocenters. The Morgan fingerprint density at radius 2 is 1.65 bits per heavy atom. The first-order chi connectivity index (χ1) is 15.3. The summed E-state index contributed by atoms with van der Waals surface area (Å²) in [5.41, 5.74) is 2.51. The van der Waals surface area contributed by atoms with E-state index >= 15 is 0 Å². The minimum Gasteiger partial charge on any atom is -0.497 e. The molecule has 1 aromatic carbocycles. The lowest BCUT2D eigenvalue weighted by atomic mass is 10.2. The molecule has 5 rings (SSSR count). The third-order valence-corrected chi connectivity index (χ3v) is 6.90. The first kappa shape index (κ1) is 20.3. The van der Waals surface area contributed by atoms with Gasteiger partial charge in [-0.05, 0) is 36.4 Å². The van der Waals surface area contributed by atoms with Crippen LogP contribution in [-0.4, -0.2) is 79.3 Å². The molecule has 0 saturated carbocycles. The van der Waals surface area contributed by atoms with Crippen LogP contribution in [0, 0.1) is 0 Å². The van der Waals surface area contributed by atoms with Gasteiger partial charge in [-0.15, -0.1) is 10.2 Å². The van der Waals surface area contributed by atoms with Crippen molar-refractivity contribution in [1.29, 1.82) is 0 Å². The van der Waals surface area contributed by atoms with Crippen molar-refractivity contribution in [2.24, 2.45) is 0 Å². The van der Waals surface area contributed by atoms with Crippen molar-refractivity contribution in [3.8, 4) is 10.9 Å². The number of hydrogen-bond donors (Lipinski definition) is 0. The SMILES string of the molecule is COc1ccc(N2CCN(Cc3cccn3-c3nnc(N4CCOCC4)s3)CC2)cc1. The Bertz CT molecular complexity index is 974. The molecule has 2 saturated heterocycles. The summed E-state index contributed by atoms with van der Waals surface area (Å²) in [6, 6.07) is 12.6. The number of methoxy groups -OCH3 is 1. The average Bonchev–Trinajstić information content (AvgIpc) is 3.50. The second-order valence-electron chi connectivity index (χ2n) is 7.80. The maximum Gasteiger partial charge on any atom is 0.218 e. The van der Waals surface area contributed by atoms with Crippen LogP contribution >= 0.6 is 11.3 Å². The molecule has 2 aromatic heterocycles. The topological polar surface area (TPSA) is 58.9 Å². The normalized spacial score (nSPS) is 17.8. The van der Waals surface area contributed by atoms with Crippen LogP contribution in [-0.2, 0) is 11.3 Å². The molecule has 0 radical (unpaired) electrons. The molecule has 0 N–H and O–H groups in total. The fourth-order valence-electron chi connectivity index (χ4n) is 4.11. The van der Waals surface area contributed by atoms with Gasteiger partial charge in [0, 0.05) is 63.4 Å². The largest absolute Gasteiger partial charge is 0.497 e. The zero-order valence-corrected chi connectivity index (χ0v) is 18.6. The predicted octanol–water partition coefficient (Wildman–Crippen LogP) is 2.50. The standard InChI is InChI=1S/C22H28N6O2S/c1-29-20-6-4-18(5-7-20)26-11-9-25(10-12-26)17-19-3-2-8-28(19)22-24-23-21(31-22)27-13-15-30-16-14-27/h2-8H,9-17H2,1H3. The summed E-state index contributed by atoms with van der Waals surface area (Å²) in [5.74, 6) is 0.900. The molecule has 31 heavy (non-hydrogen) atoms. The lowest BCUT2D eigenvalue weighted by molar-refractivity contribution is 0.122. The van der Waals surface area contributed by atoms with E-state index in [1.807, 2.05) is 12.1 Å². The van der Waals surface area contributed by atoms with E-state index in [0.717, 1.165) is 75.0 Å². The highest BCUT2D eigenvalue weighted by Gasteiger charge is 2.20. The van der Waals surface area contributed by atoms with Crippen molar-refractivity contribution >= 4 is 22.2 Å². The van der Waals surface area contributed by atoms with Gasteiger partial charge >= 0.3 is 0 Å². The molecular formula is C22H28N6O2S. The van der Waals surface area contributed by atoms with E-state index in [9.17, 15) is 0 Å². The van der Waals surface area contributed by atoms with Crippen LogP contribution in [0.4, 0.5) is 10.8 Å². The Hall–Kier alpha value is -2.62. The van der Waals surface area contributed by atoms with E-state index in [1.165, 1.54) is 11.4 Å². The zero-order valence-electron chi connectivity index (χ0n) is 17.8. The van der Waals surface area contributed by atoms with Crippen LogP contribution in [0.15, 0.2) is 42.6 Å². The number of ether oxygens (including phenoxy) is 2. The van der Waals surface area contributed by atoms with Gasteiger partial charge in [0.2, 0.25) is 10.3 Å². The first-order valence-corrected chi connectivity index (χ1v) is 11.6. The number of nitrogens with zero attached hydrogens (tertiary/aromatic N) is 6. The fraction of sp³-hybridized carbons (Fsp3) is 0.455. The van der Waals surface area contributed by atoms with Crippen molar-refractivity contribution in [1.82, 2.24) is 19.7 Å². The quantitative estimate of drug-likeness (QED) is 0.584. The molecule has 0 aliphatic carbocycles. The van der Waals surface area contributed by atoms with Crippen molar-refractivity contribution in [2.45, 2.75) is 6.54 Å². The lowest BCUT2D eigenvalue weighted by Crippen LogP contribution is -2.46. The van der Waals surface area contributed by atoms with E-state index in [4.69, 9.17) is 9.47 Å². The molecule has 164 valence electrons. The minimum absolute atomic E-state index is 0.756. The van der Waals surface area contributed by atoms with Crippen molar-refractivity contribution in [3.05, 3.63) is 48.3 Å². The molecule has 2 aliphatic heterocycles. The Kier molecular flexibility index (Phi) is 6.06. The van der Waals surface area contributed by atoms with Gasteiger partial charge in [-0.2, -0.15) is 0 Å². The lowest BCUT2D eigenvalue weighted by Gasteiger charge is -2.36. The molecule has 9 heteroatoms. The Morgan fingerprint density at radius 1 is 0.903 bits per heavy atom. The van der Waals surface area contributed by atoms with Crippen LogP contribution in [0.2, 0.25) is 0 Å².